The molecule has 3 fully saturated rings. The molecule has 4 unspecified atom stereocenters. The fourth-order valence-corrected chi connectivity index (χ4v) is 9.36. The summed E-state index contributed by atoms with van der Waals surface area (Å²) in [6, 6.07) is 3.35. The van der Waals surface area contributed by atoms with Gasteiger partial charge in [-0.2, -0.15) is 0 Å². The molecule has 0 saturated heterocycles. The fourth-order valence-electron chi connectivity index (χ4n) is 9.36. The Balaban J connectivity index is 1.03. The molecule has 1 heterocycles. The number of aliphatic hydroxyl groups excluding tert-OH is 1. The minimum absolute atomic E-state index is 0.0153. The number of aliphatic hydroxyl groups is 2. The zero-order chi connectivity index (χ0) is 34.6. The zero-order valence-corrected chi connectivity index (χ0v) is 27.0. The van der Waals surface area contributed by atoms with Gasteiger partial charge in [-0.15, -0.1) is 0 Å². The van der Waals surface area contributed by atoms with Crippen molar-refractivity contribution in [3.8, 4) is 5.75 Å². The van der Waals surface area contributed by atoms with Crippen LogP contribution in [-0.4, -0.2) is 79.2 Å². The van der Waals surface area contributed by atoms with Crippen molar-refractivity contribution in [1.29, 1.82) is 0 Å². The van der Waals surface area contributed by atoms with Gasteiger partial charge < -0.3 is 35.5 Å². The Morgan fingerprint density at radius 3 is 2.67 bits per heavy atom. The van der Waals surface area contributed by atoms with Crippen molar-refractivity contribution in [3.63, 3.8) is 0 Å². The maximum absolute atomic E-state index is 13.5. The molecule has 48 heavy (non-hydrogen) atoms. The summed E-state index contributed by atoms with van der Waals surface area (Å²) in [5.41, 5.74) is -0.952. The molecule has 4 aliphatic rings. The Kier molecular flexibility index (Phi) is 8.61. The summed E-state index contributed by atoms with van der Waals surface area (Å²) in [5.74, 6) is -3.69. The Morgan fingerprint density at radius 1 is 1.15 bits per heavy atom. The van der Waals surface area contributed by atoms with Crippen LogP contribution in [0.15, 0.2) is 48.2 Å². The van der Waals surface area contributed by atoms with E-state index in [2.05, 4.69) is 17.2 Å². The molecule has 256 valence electrons. The van der Waals surface area contributed by atoms with Gasteiger partial charge in [-0.25, -0.2) is 4.79 Å². The van der Waals surface area contributed by atoms with E-state index in [9.17, 15) is 44.4 Å². The third kappa shape index (κ3) is 5.64. The second kappa shape index (κ2) is 12.3. The van der Waals surface area contributed by atoms with Gasteiger partial charge in [0.2, 0.25) is 11.7 Å². The number of Topliss-reactive ketones (excluding diaryl/α,β-unsaturated/α-hetero) is 1. The standard InChI is InChI=1S/C36H42N2O10/c1-34-11-9-22(40)14-20(34)3-5-23-25-10-12-36(47,35(25,2)16-28(41)32(23)34)29(42)18-48-31(44)8-7-30(43)38-27(33(45)46)13-19-17-37-26-6-4-21(39)15-24(19)26/h4,6,9,11,14-15,17,23,25,27-28,32,37,39,41,47H,3,5,7-8,10,12-13,16,18H2,1-2H3,(H,38,43)(H,45,46)/t23-,25?,27?,28?,32?,34-,35-,36-/m0/s1. The van der Waals surface area contributed by atoms with E-state index in [1.807, 2.05) is 13.0 Å². The van der Waals surface area contributed by atoms with E-state index in [1.54, 1.807) is 24.4 Å². The number of carbonyl (C=O) groups is 5. The van der Waals surface area contributed by atoms with Crippen molar-refractivity contribution in [2.75, 3.05) is 6.61 Å². The number of hydrogen-bond acceptors (Lipinski definition) is 9. The van der Waals surface area contributed by atoms with Crippen LogP contribution in [0.25, 0.3) is 10.9 Å². The van der Waals surface area contributed by atoms with Crippen LogP contribution in [0.4, 0.5) is 0 Å². The average Bonchev–Trinajstić information content (AvgIpc) is 3.55. The molecule has 12 heteroatoms. The number of carboxylic acid groups (broad SMARTS) is 1. The topological polar surface area (TPSA) is 203 Å². The number of ketones is 2. The highest BCUT2D eigenvalue weighted by Gasteiger charge is 2.68. The lowest BCUT2D eigenvalue weighted by molar-refractivity contribution is -0.181. The quantitative estimate of drug-likeness (QED) is 0.205. The fraction of sp³-hybridized carbons (Fsp3) is 0.528. The number of H-pyrrole nitrogens is 1. The third-order valence-electron chi connectivity index (χ3n) is 11.8. The number of phenols is 1. The maximum Gasteiger partial charge on any atom is 0.326 e. The van der Waals surface area contributed by atoms with Gasteiger partial charge in [0.1, 0.15) is 17.4 Å². The molecule has 12 nitrogen and oxygen atoms in total. The minimum Gasteiger partial charge on any atom is -0.508 e. The van der Waals surface area contributed by atoms with Crippen LogP contribution in [0, 0.1) is 28.6 Å². The summed E-state index contributed by atoms with van der Waals surface area (Å²) in [7, 11) is 0. The molecule has 6 rings (SSSR count). The number of esters is 1. The molecule has 0 bridgehead atoms. The molecule has 2 aromatic rings. The van der Waals surface area contributed by atoms with Gasteiger partial charge >= 0.3 is 11.9 Å². The lowest BCUT2D eigenvalue weighted by Crippen LogP contribution is -2.61. The van der Waals surface area contributed by atoms with E-state index < -0.39 is 65.2 Å². The molecular formula is C36H42N2O10. The maximum atomic E-state index is 13.5. The van der Waals surface area contributed by atoms with Crippen LogP contribution in [0.2, 0.25) is 0 Å². The van der Waals surface area contributed by atoms with E-state index in [4.69, 9.17) is 4.74 Å². The number of phenolic OH excluding ortho intramolecular Hbond substituents is 1. The lowest BCUT2D eigenvalue weighted by Gasteiger charge is -2.59. The van der Waals surface area contributed by atoms with Crippen molar-refractivity contribution >= 4 is 40.3 Å². The number of amides is 1. The number of allylic oxidation sites excluding steroid dienone is 4. The number of aromatic hydroxyl groups is 1. The van der Waals surface area contributed by atoms with Crippen LogP contribution in [0.5, 0.6) is 5.75 Å². The van der Waals surface area contributed by atoms with E-state index in [-0.39, 0.29) is 55.0 Å². The van der Waals surface area contributed by atoms with Crippen molar-refractivity contribution in [2.24, 2.45) is 28.6 Å². The molecule has 1 aromatic heterocycles. The Labute approximate surface area is 277 Å². The molecule has 8 atom stereocenters. The van der Waals surface area contributed by atoms with Gasteiger partial charge in [0.15, 0.2) is 12.4 Å². The number of fused-ring (bicyclic) bond motifs is 6. The first-order valence-corrected chi connectivity index (χ1v) is 16.5. The first-order chi connectivity index (χ1) is 22.7. The van der Waals surface area contributed by atoms with Crippen molar-refractivity contribution in [1.82, 2.24) is 10.3 Å². The summed E-state index contributed by atoms with van der Waals surface area (Å²) >= 11 is 0. The van der Waals surface area contributed by atoms with Gasteiger partial charge in [-0.05, 0) is 79.9 Å². The first-order valence-electron chi connectivity index (χ1n) is 16.5. The number of rotatable bonds is 10. The van der Waals surface area contributed by atoms with E-state index in [0.29, 0.717) is 29.3 Å². The lowest BCUT2D eigenvalue weighted by atomic mass is 9.46. The average molecular weight is 663 g/mol. The normalized spacial score (nSPS) is 32.8. The van der Waals surface area contributed by atoms with Crippen LogP contribution >= 0.6 is 0 Å². The highest BCUT2D eigenvalue weighted by atomic mass is 16.5. The predicted molar refractivity (Wildman–Crippen MR) is 171 cm³/mol. The van der Waals surface area contributed by atoms with Crippen LogP contribution in [0.3, 0.4) is 0 Å². The summed E-state index contributed by atoms with van der Waals surface area (Å²) < 4.78 is 5.20. The molecule has 3 saturated carbocycles. The van der Waals surface area contributed by atoms with Gasteiger partial charge in [0, 0.05) is 46.7 Å². The van der Waals surface area contributed by atoms with Crippen LogP contribution in [0.1, 0.15) is 64.4 Å². The van der Waals surface area contributed by atoms with E-state index >= 15 is 0 Å². The van der Waals surface area contributed by atoms with Gasteiger partial charge in [-0.1, -0.05) is 25.5 Å². The monoisotopic (exact) mass is 662 g/mol. The molecule has 0 aliphatic heterocycles. The Bertz CT molecular complexity index is 1740. The molecule has 0 radical (unpaired) electrons. The highest BCUT2D eigenvalue weighted by Crippen LogP contribution is 2.67. The van der Waals surface area contributed by atoms with E-state index in [1.165, 1.54) is 12.1 Å². The second-order valence-electron chi connectivity index (χ2n) is 14.4. The largest absolute Gasteiger partial charge is 0.508 e. The third-order valence-corrected chi connectivity index (χ3v) is 11.8. The molecule has 0 spiro atoms. The molecule has 6 N–H and O–H groups in total. The van der Waals surface area contributed by atoms with Crippen molar-refractivity contribution < 1.29 is 49.1 Å². The number of aliphatic carboxylic acids is 1. The van der Waals surface area contributed by atoms with Crippen molar-refractivity contribution in [2.45, 2.75) is 83.0 Å². The number of benzene rings is 1. The number of aromatic amines is 1. The summed E-state index contributed by atoms with van der Waals surface area (Å²) in [6.45, 7) is 3.19. The van der Waals surface area contributed by atoms with E-state index in [0.717, 1.165) is 12.0 Å². The summed E-state index contributed by atoms with van der Waals surface area (Å²) in [5, 5.41) is 45.9. The van der Waals surface area contributed by atoms with Crippen LogP contribution < -0.4 is 5.32 Å². The minimum atomic E-state index is -1.81. The van der Waals surface area contributed by atoms with Crippen LogP contribution in [-0.2, 0) is 35.1 Å². The zero-order valence-electron chi connectivity index (χ0n) is 27.0. The number of hydrogen-bond donors (Lipinski definition) is 6. The number of ether oxygens (including phenoxy) is 1. The Hall–Kier alpha value is -4.29. The number of aromatic nitrogens is 1. The summed E-state index contributed by atoms with van der Waals surface area (Å²) in [4.78, 5) is 65.6. The Morgan fingerprint density at radius 2 is 1.92 bits per heavy atom. The first kappa shape index (κ1) is 33.6. The molecule has 4 aliphatic carbocycles. The van der Waals surface area contributed by atoms with Gasteiger partial charge in [0.05, 0.1) is 12.5 Å². The SMILES string of the molecule is C[C@]12C=CC(=O)C=C1CC[C@@H]1C2C(O)C[C@@]2(C)C1CC[C@]2(O)C(=O)COC(=O)CCC(=O)NC(Cc1c[nH]c2ccc(O)cc12)C(=O)O. The predicted octanol–water partition coefficient (Wildman–Crippen LogP) is 2.89. The molecule has 1 aromatic carbocycles. The number of carbonyl (C=O) groups excluding carboxylic acids is 4. The van der Waals surface area contributed by atoms with Gasteiger partial charge in [-0.3, -0.25) is 19.2 Å². The number of carboxylic acids is 1. The molecule has 1 amide bonds. The second-order valence-corrected chi connectivity index (χ2v) is 14.4. The number of nitrogens with one attached hydrogen (secondary N) is 2. The smallest absolute Gasteiger partial charge is 0.326 e. The highest BCUT2D eigenvalue weighted by molar-refractivity contribution is 6.01. The van der Waals surface area contributed by atoms with Gasteiger partial charge in [0.25, 0.3) is 0 Å². The van der Waals surface area contributed by atoms with Crippen molar-refractivity contribution in [3.05, 3.63) is 53.8 Å². The summed E-state index contributed by atoms with van der Waals surface area (Å²) in [6.07, 6.45) is 7.43. The molecular weight excluding hydrogens is 620 g/mol.